The van der Waals surface area contributed by atoms with Crippen LogP contribution in [0.4, 0.5) is 5.69 Å². The number of sulfonamides is 1. The first-order valence-corrected chi connectivity index (χ1v) is 8.53. The lowest BCUT2D eigenvalue weighted by Crippen LogP contribution is -2.16. The average molecular weight is 296 g/mol. The van der Waals surface area contributed by atoms with Crippen LogP contribution in [0.3, 0.4) is 0 Å². The minimum absolute atomic E-state index is 0.0242. The molecule has 2 rings (SSSR count). The van der Waals surface area contributed by atoms with Crippen molar-refractivity contribution in [1.29, 1.82) is 0 Å². The molecule has 0 aliphatic heterocycles. The molecule has 20 heavy (non-hydrogen) atoms. The van der Waals surface area contributed by atoms with Gasteiger partial charge in [-0.25, -0.2) is 13.6 Å². The van der Waals surface area contributed by atoms with Crippen LogP contribution < -0.4 is 10.5 Å². The van der Waals surface area contributed by atoms with Gasteiger partial charge in [-0.1, -0.05) is 25.0 Å². The second-order valence-corrected chi connectivity index (χ2v) is 7.02. The topological polar surface area (TPSA) is 89.3 Å². The van der Waals surface area contributed by atoms with Gasteiger partial charge in [0.1, 0.15) is 0 Å². The highest BCUT2D eigenvalue weighted by atomic mass is 32.2. The molecule has 1 aliphatic rings. The summed E-state index contributed by atoms with van der Waals surface area (Å²) in [6.07, 6.45) is 5.29. The second kappa shape index (κ2) is 6.37. The van der Waals surface area contributed by atoms with E-state index in [-0.39, 0.29) is 11.7 Å². The number of carbonyl (C=O) groups excluding carboxylic acids is 1. The van der Waals surface area contributed by atoms with E-state index in [9.17, 15) is 13.2 Å². The summed E-state index contributed by atoms with van der Waals surface area (Å²) >= 11 is 0. The van der Waals surface area contributed by atoms with Gasteiger partial charge in [-0.3, -0.25) is 4.79 Å². The van der Waals surface area contributed by atoms with Crippen LogP contribution in [0.15, 0.2) is 24.3 Å². The minimum atomic E-state index is -3.52. The van der Waals surface area contributed by atoms with Gasteiger partial charge in [0.25, 0.3) is 0 Å². The quantitative estimate of drug-likeness (QED) is 0.870. The number of nitrogens with two attached hydrogens (primary N) is 1. The molecule has 1 amide bonds. The maximum atomic E-state index is 11.9. The summed E-state index contributed by atoms with van der Waals surface area (Å²) in [7, 11) is -3.52. The molecule has 0 aromatic heterocycles. The Morgan fingerprint density at radius 3 is 2.35 bits per heavy atom. The van der Waals surface area contributed by atoms with Gasteiger partial charge in [0, 0.05) is 12.1 Å². The van der Waals surface area contributed by atoms with E-state index in [1.807, 2.05) is 0 Å². The van der Waals surface area contributed by atoms with E-state index in [1.165, 1.54) is 12.8 Å². The lowest BCUT2D eigenvalue weighted by Gasteiger charge is -2.10. The number of rotatable bonds is 5. The Balaban J connectivity index is 1.88. The summed E-state index contributed by atoms with van der Waals surface area (Å²) in [5.41, 5.74) is 1.30. The normalized spacial score (nSPS) is 16.2. The van der Waals surface area contributed by atoms with E-state index in [4.69, 9.17) is 5.14 Å². The van der Waals surface area contributed by atoms with Crippen molar-refractivity contribution in [2.75, 3.05) is 5.32 Å². The minimum Gasteiger partial charge on any atom is -0.326 e. The highest BCUT2D eigenvalue weighted by Gasteiger charge is 2.18. The molecule has 1 aliphatic carbocycles. The fraction of sp³-hybridized carbons (Fsp3) is 0.500. The number of anilines is 1. The molecule has 110 valence electrons. The van der Waals surface area contributed by atoms with Crippen molar-refractivity contribution < 1.29 is 13.2 Å². The molecule has 0 radical (unpaired) electrons. The number of primary sulfonamides is 1. The molecule has 0 atom stereocenters. The molecular formula is C14H20N2O3S. The van der Waals surface area contributed by atoms with E-state index < -0.39 is 10.0 Å². The van der Waals surface area contributed by atoms with E-state index >= 15 is 0 Å². The van der Waals surface area contributed by atoms with Crippen LogP contribution in [0.2, 0.25) is 0 Å². The lowest BCUT2D eigenvalue weighted by atomic mass is 10.0. The van der Waals surface area contributed by atoms with E-state index in [0.29, 0.717) is 23.6 Å². The standard InChI is InChI=1S/C14H20N2O3S/c15-20(18,19)10-12-5-7-13(8-6-12)16-14(17)9-11-3-1-2-4-11/h5-8,11H,1-4,9-10H2,(H,16,17)(H2,15,18,19). The third-order valence-electron chi connectivity index (χ3n) is 3.55. The van der Waals surface area contributed by atoms with Crippen LogP contribution in [-0.2, 0) is 20.6 Å². The van der Waals surface area contributed by atoms with Gasteiger partial charge < -0.3 is 5.32 Å². The van der Waals surface area contributed by atoms with Crippen molar-refractivity contribution in [3.8, 4) is 0 Å². The van der Waals surface area contributed by atoms with E-state index in [2.05, 4.69) is 5.32 Å². The van der Waals surface area contributed by atoms with Crippen molar-refractivity contribution in [1.82, 2.24) is 0 Å². The number of hydrogen-bond donors (Lipinski definition) is 2. The van der Waals surface area contributed by atoms with E-state index in [1.54, 1.807) is 24.3 Å². The Bertz CT molecular complexity index is 561. The first-order chi connectivity index (χ1) is 9.42. The zero-order chi connectivity index (χ0) is 14.6. The van der Waals surface area contributed by atoms with Crippen LogP contribution in [0.5, 0.6) is 0 Å². The van der Waals surface area contributed by atoms with Gasteiger partial charge in [-0.05, 0) is 36.5 Å². The summed E-state index contributed by atoms with van der Waals surface area (Å²) in [4.78, 5) is 11.9. The maximum absolute atomic E-state index is 11.9. The van der Waals surface area contributed by atoms with Crippen LogP contribution in [0.25, 0.3) is 0 Å². The summed E-state index contributed by atoms with van der Waals surface area (Å²) in [6.45, 7) is 0. The Kier molecular flexibility index (Phi) is 4.77. The predicted octanol–water partition coefficient (Wildman–Crippen LogP) is 1.99. The third-order valence-corrected chi connectivity index (χ3v) is 4.29. The lowest BCUT2D eigenvalue weighted by molar-refractivity contribution is -0.117. The first-order valence-electron chi connectivity index (χ1n) is 6.82. The fourth-order valence-electron chi connectivity index (χ4n) is 2.61. The van der Waals surface area contributed by atoms with E-state index in [0.717, 1.165) is 12.8 Å². The molecule has 3 N–H and O–H groups in total. The Hall–Kier alpha value is -1.40. The van der Waals surface area contributed by atoms with Gasteiger partial charge in [0.05, 0.1) is 5.75 Å². The molecule has 6 heteroatoms. The third kappa shape index (κ3) is 4.94. The number of amides is 1. The van der Waals surface area contributed by atoms with Crippen molar-refractivity contribution in [3.63, 3.8) is 0 Å². The average Bonchev–Trinajstić information content (AvgIpc) is 2.82. The molecule has 1 saturated carbocycles. The number of benzene rings is 1. The molecule has 0 spiro atoms. The molecule has 0 unspecified atom stereocenters. The van der Waals surface area contributed by atoms with Crippen LogP contribution in [0.1, 0.15) is 37.7 Å². The van der Waals surface area contributed by atoms with Gasteiger partial charge in [-0.15, -0.1) is 0 Å². The molecule has 5 nitrogen and oxygen atoms in total. The van der Waals surface area contributed by atoms with Crippen molar-refractivity contribution in [2.45, 2.75) is 37.9 Å². The summed E-state index contributed by atoms with van der Waals surface area (Å²) in [6, 6.07) is 6.73. The monoisotopic (exact) mass is 296 g/mol. The second-order valence-electron chi connectivity index (χ2n) is 5.41. The van der Waals surface area contributed by atoms with Crippen molar-refractivity contribution in [2.24, 2.45) is 11.1 Å². The SMILES string of the molecule is NS(=O)(=O)Cc1ccc(NC(=O)CC2CCCC2)cc1. The van der Waals surface area contributed by atoms with Crippen LogP contribution in [0, 0.1) is 5.92 Å². The summed E-state index contributed by atoms with van der Waals surface area (Å²) in [5, 5.41) is 7.82. The molecule has 1 aromatic rings. The van der Waals surface area contributed by atoms with Crippen LogP contribution in [-0.4, -0.2) is 14.3 Å². The number of hydrogen-bond acceptors (Lipinski definition) is 3. The highest BCUT2D eigenvalue weighted by Crippen LogP contribution is 2.27. The van der Waals surface area contributed by atoms with Crippen molar-refractivity contribution in [3.05, 3.63) is 29.8 Å². The molecule has 0 heterocycles. The van der Waals surface area contributed by atoms with Gasteiger partial charge >= 0.3 is 0 Å². The Morgan fingerprint density at radius 1 is 1.20 bits per heavy atom. The highest BCUT2D eigenvalue weighted by molar-refractivity contribution is 7.88. The number of carbonyl (C=O) groups is 1. The van der Waals surface area contributed by atoms with Crippen LogP contribution >= 0.6 is 0 Å². The Morgan fingerprint density at radius 2 is 1.80 bits per heavy atom. The Labute approximate surface area is 119 Å². The fourth-order valence-corrected chi connectivity index (χ4v) is 3.26. The predicted molar refractivity (Wildman–Crippen MR) is 78.5 cm³/mol. The first kappa shape index (κ1) is 15.0. The smallest absolute Gasteiger partial charge is 0.224 e. The molecule has 1 aromatic carbocycles. The van der Waals surface area contributed by atoms with Gasteiger partial charge in [0.2, 0.25) is 15.9 Å². The van der Waals surface area contributed by atoms with Crippen molar-refractivity contribution >= 4 is 21.6 Å². The van der Waals surface area contributed by atoms with Gasteiger partial charge in [-0.2, -0.15) is 0 Å². The molecule has 1 fully saturated rings. The van der Waals surface area contributed by atoms with Gasteiger partial charge in [0.15, 0.2) is 0 Å². The summed E-state index contributed by atoms with van der Waals surface area (Å²) < 4.78 is 21.9. The zero-order valence-electron chi connectivity index (χ0n) is 11.3. The number of nitrogens with one attached hydrogen (secondary N) is 1. The molecule has 0 bridgehead atoms. The molecule has 0 saturated heterocycles. The molecular weight excluding hydrogens is 276 g/mol. The zero-order valence-corrected chi connectivity index (χ0v) is 12.2. The summed E-state index contributed by atoms with van der Waals surface area (Å²) in [5.74, 6) is 0.344. The largest absolute Gasteiger partial charge is 0.326 e. The maximum Gasteiger partial charge on any atom is 0.224 e.